The van der Waals surface area contributed by atoms with Crippen molar-refractivity contribution < 1.29 is 10.2 Å². The van der Waals surface area contributed by atoms with Crippen LogP contribution in [-0.2, 0) is 0 Å². The second kappa shape index (κ2) is 5.99. The first kappa shape index (κ1) is 13.9. The van der Waals surface area contributed by atoms with Crippen molar-refractivity contribution >= 4 is 0 Å². The average Bonchev–Trinajstić information content (AvgIpc) is 2.15. The van der Waals surface area contributed by atoms with Gasteiger partial charge in [0.25, 0.3) is 0 Å². The highest BCUT2D eigenvalue weighted by Crippen LogP contribution is 2.29. The predicted molar refractivity (Wildman–Crippen MR) is 66.3 cm³/mol. The van der Waals surface area contributed by atoms with Crippen LogP contribution < -0.4 is 0 Å². The Kier molecular flexibility index (Phi) is 5.22. The third kappa shape index (κ3) is 4.04. The molecule has 1 fully saturated rings. The average molecular weight is 229 g/mol. The van der Waals surface area contributed by atoms with E-state index in [0.717, 1.165) is 38.8 Å². The van der Waals surface area contributed by atoms with Crippen LogP contribution in [0.2, 0.25) is 0 Å². The predicted octanol–water partition coefficient (Wildman–Crippen LogP) is 1.49. The van der Waals surface area contributed by atoms with E-state index < -0.39 is 0 Å². The Hall–Kier alpha value is -0.120. The molecule has 3 heteroatoms. The highest BCUT2D eigenvalue weighted by Gasteiger charge is 2.30. The van der Waals surface area contributed by atoms with Gasteiger partial charge in [0, 0.05) is 25.1 Å². The van der Waals surface area contributed by atoms with E-state index in [1.165, 1.54) is 0 Å². The third-order valence-corrected chi connectivity index (χ3v) is 3.67. The van der Waals surface area contributed by atoms with Gasteiger partial charge in [0.2, 0.25) is 0 Å². The molecule has 0 spiro atoms. The van der Waals surface area contributed by atoms with Crippen LogP contribution in [0.5, 0.6) is 0 Å². The maximum absolute atomic E-state index is 9.45. The van der Waals surface area contributed by atoms with Crippen molar-refractivity contribution in [2.45, 2.75) is 45.6 Å². The van der Waals surface area contributed by atoms with Crippen LogP contribution in [0.15, 0.2) is 0 Å². The van der Waals surface area contributed by atoms with Gasteiger partial charge >= 0.3 is 0 Å². The molecule has 0 radical (unpaired) electrons. The van der Waals surface area contributed by atoms with E-state index in [9.17, 15) is 10.2 Å². The van der Waals surface area contributed by atoms with Gasteiger partial charge in [0.15, 0.2) is 0 Å². The molecule has 3 nitrogen and oxygen atoms in total. The molecule has 0 aromatic rings. The topological polar surface area (TPSA) is 43.7 Å². The Bertz CT molecular complexity index is 204. The lowest BCUT2D eigenvalue weighted by Crippen LogP contribution is -2.42. The molecule has 1 aliphatic carbocycles. The van der Waals surface area contributed by atoms with Gasteiger partial charge in [-0.3, -0.25) is 0 Å². The molecular weight excluding hydrogens is 202 g/mol. The van der Waals surface area contributed by atoms with Gasteiger partial charge in [0.1, 0.15) is 0 Å². The molecule has 0 amide bonds. The number of hydrogen-bond acceptors (Lipinski definition) is 3. The van der Waals surface area contributed by atoms with Crippen LogP contribution in [0, 0.1) is 11.3 Å². The van der Waals surface area contributed by atoms with Crippen molar-refractivity contribution in [1.82, 2.24) is 4.90 Å². The summed E-state index contributed by atoms with van der Waals surface area (Å²) in [5.41, 5.74) is 0.0336. The largest absolute Gasteiger partial charge is 0.396 e. The zero-order valence-electron chi connectivity index (χ0n) is 10.9. The zero-order valence-corrected chi connectivity index (χ0v) is 10.9. The summed E-state index contributed by atoms with van der Waals surface area (Å²) in [7, 11) is 2.12. The molecule has 0 saturated heterocycles. The second-order valence-corrected chi connectivity index (χ2v) is 5.91. The zero-order chi connectivity index (χ0) is 12.2. The van der Waals surface area contributed by atoms with Gasteiger partial charge in [-0.15, -0.1) is 0 Å². The van der Waals surface area contributed by atoms with E-state index >= 15 is 0 Å². The number of aliphatic hydroxyl groups is 2. The van der Waals surface area contributed by atoms with E-state index in [1.807, 2.05) is 0 Å². The van der Waals surface area contributed by atoms with E-state index in [-0.39, 0.29) is 18.1 Å². The summed E-state index contributed by atoms with van der Waals surface area (Å²) >= 11 is 0. The van der Waals surface area contributed by atoms with Gasteiger partial charge in [-0.1, -0.05) is 20.3 Å². The summed E-state index contributed by atoms with van der Waals surface area (Å²) in [6, 6.07) is 0. The number of aliphatic hydroxyl groups excluding tert-OH is 2. The Balaban J connectivity index is 2.28. The van der Waals surface area contributed by atoms with Gasteiger partial charge in [-0.25, -0.2) is 0 Å². The minimum absolute atomic E-state index is 0.0336. The minimum Gasteiger partial charge on any atom is -0.396 e. The first-order chi connectivity index (χ1) is 7.49. The highest BCUT2D eigenvalue weighted by molar-refractivity contribution is 4.83. The molecule has 1 aliphatic rings. The van der Waals surface area contributed by atoms with Crippen LogP contribution in [0.1, 0.15) is 39.5 Å². The lowest BCUT2D eigenvalue weighted by atomic mass is 9.81. The Morgan fingerprint density at radius 2 is 2.00 bits per heavy atom. The van der Waals surface area contributed by atoms with Crippen LogP contribution in [0.25, 0.3) is 0 Å². The summed E-state index contributed by atoms with van der Waals surface area (Å²) in [6.07, 6.45) is 4.04. The van der Waals surface area contributed by atoms with Crippen molar-refractivity contribution in [2.75, 3.05) is 26.7 Å². The van der Waals surface area contributed by atoms with Crippen molar-refractivity contribution in [1.29, 1.82) is 0 Å². The van der Waals surface area contributed by atoms with Crippen molar-refractivity contribution in [3.8, 4) is 0 Å². The molecular formula is C13H27NO2. The lowest BCUT2D eigenvalue weighted by Gasteiger charge is -2.38. The van der Waals surface area contributed by atoms with Crippen LogP contribution in [0.3, 0.4) is 0 Å². The summed E-state index contributed by atoms with van der Waals surface area (Å²) in [5.74, 6) is 0.657. The quantitative estimate of drug-likeness (QED) is 0.695. The fourth-order valence-electron chi connectivity index (χ4n) is 2.82. The molecule has 1 rings (SSSR count). The number of nitrogens with zero attached hydrogens (tertiary/aromatic N) is 1. The maximum atomic E-state index is 9.45. The van der Waals surface area contributed by atoms with Gasteiger partial charge in [-0.2, -0.15) is 0 Å². The Morgan fingerprint density at radius 3 is 2.44 bits per heavy atom. The van der Waals surface area contributed by atoms with E-state index in [4.69, 9.17) is 0 Å². The molecule has 0 aromatic heterocycles. The van der Waals surface area contributed by atoms with Crippen molar-refractivity contribution in [3.05, 3.63) is 0 Å². The van der Waals surface area contributed by atoms with E-state index in [1.54, 1.807) is 0 Å². The molecule has 1 unspecified atom stereocenters. The summed E-state index contributed by atoms with van der Waals surface area (Å²) in [4.78, 5) is 2.31. The Morgan fingerprint density at radius 1 is 1.38 bits per heavy atom. The van der Waals surface area contributed by atoms with Crippen molar-refractivity contribution in [3.63, 3.8) is 0 Å². The maximum Gasteiger partial charge on any atom is 0.0546 e. The van der Waals surface area contributed by atoms with Gasteiger partial charge in [0.05, 0.1) is 6.10 Å². The molecule has 0 aliphatic heterocycles. The molecule has 16 heavy (non-hydrogen) atoms. The summed E-state index contributed by atoms with van der Waals surface area (Å²) < 4.78 is 0. The number of rotatable bonds is 7. The van der Waals surface area contributed by atoms with Crippen LogP contribution >= 0.6 is 0 Å². The van der Waals surface area contributed by atoms with Crippen LogP contribution in [-0.4, -0.2) is 48.0 Å². The molecule has 2 N–H and O–H groups in total. The van der Waals surface area contributed by atoms with Crippen LogP contribution in [0.4, 0.5) is 0 Å². The number of hydrogen-bond donors (Lipinski definition) is 2. The fraction of sp³-hybridized carbons (Fsp3) is 1.00. The first-order valence-electron chi connectivity index (χ1n) is 6.46. The summed E-state index contributed by atoms with van der Waals surface area (Å²) in [5, 5.41) is 18.7. The summed E-state index contributed by atoms with van der Waals surface area (Å²) in [6.45, 7) is 6.58. The monoisotopic (exact) mass is 229 g/mol. The minimum atomic E-state index is -0.0572. The molecule has 0 aromatic carbocycles. The molecule has 1 atom stereocenters. The normalized spacial score (nSPS) is 28.9. The van der Waals surface area contributed by atoms with E-state index in [2.05, 4.69) is 25.8 Å². The fourth-order valence-corrected chi connectivity index (χ4v) is 2.82. The molecule has 0 heterocycles. The van der Waals surface area contributed by atoms with E-state index in [0.29, 0.717) is 5.92 Å². The van der Waals surface area contributed by atoms with Crippen molar-refractivity contribution in [2.24, 2.45) is 11.3 Å². The molecule has 0 bridgehead atoms. The molecule has 96 valence electrons. The lowest BCUT2D eigenvalue weighted by molar-refractivity contribution is 0.0162. The standard InChI is InChI=1S/C13H27NO2/c1-4-5-13(2,10-15)9-14(3)8-11-6-12(16)7-11/h11-12,15-16H,4-10H2,1-3H3. The first-order valence-corrected chi connectivity index (χ1v) is 6.46. The highest BCUT2D eigenvalue weighted by atomic mass is 16.3. The van der Waals surface area contributed by atoms with Gasteiger partial charge in [-0.05, 0) is 32.2 Å². The van der Waals surface area contributed by atoms with Gasteiger partial charge < -0.3 is 15.1 Å². The molecule has 1 saturated carbocycles. The third-order valence-electron chi connectivity index (χ3n) is 3.67. The second-order valence-electron chi connectivity index (χ2n) is 5.91. The Labute approximate surface area is 99.5 Å². The SMILES string of the molecule is CCCC(C)(CO)CN(C)CC1CC(O)C1. The smallest absolute Gasteiger partial charge is 0.0546 e.